The van der Waals surface area contributed by atoms with Gasteiger partial charge in [-0.2, -0.15) is 0 Å². The van der Waals surface area contributed by atoms with E-state index in [9.17, 15) is 4.79 Å². The Morgan fingerprint density at radius 1 is 1.60 bits per heavy atom. The van der Waals surface area contributed by atoms with Crippen LogP contribution in [0.4, 0.5) is 0 Å². The SMILES string of the molecule is CC(=O)OC1OCCc2cc(Br)ccc21. The third-order valence-electron chi connectivity index (χ3n) is 2.27. The molecule has 1 unspecified atom stereocenters. The fraction of sp³-hybridized carbons (Fsp3) is 0.364. The second kappa shape index (κ2) is 4.33. The Hall–Kier alpha value is -0.870. The molecule has 2 rings (SSSR count). The van der Waals surface area contributed by atoms with Crippen molar-refractivity contribution in [3.05, 3.63) is 33.8 Å². The van der Waals surface area contributed by atoms with E-state index in [1.54, 1.807) is 0 Å². The van der Waals surface area contributed by atoms with Gasteiger partial charge in [-0.25, -0.2) is 0 Å². The molecule has 3 nitrogen and oxygen atoms in total. The first-order chi connectivity index (χ1) is 7.16. The van der Waals surface area contributed by atoms with E-state index in [0.717, 1.165) is 16.5 Å². The van der Waals surface area contributed by atoms with Gasteiger partial charge in [0.15, 0.2) is 0 Å². The predicted molar refractivity (Wildman–Crippen MR) is 58.3 cm³/mol. The highest BCUT2D eigenvalue weighted by molar-refractivity contribution is 9.10. The molecular weight excluding hydrogens is 260 g/mol. The van der Waals surface area contributed by atoms with Crippen LogP contribution in [0.3, 0.4) is 0 Å². The fourth-order valence-electron chi connectivity index (χ4n) is 1.63. The van der Waals surface area contributed by atoms with Crippen molar-refractivity contribution in [1.82, 2.24) is 0 Å². The summed E-state index contributed by atoms with van der Waals surface area (Å²) in [4.78, 5) is 10.9. The summed E-state index contributed by atoms with van der Waals surface area (Å²) in [6.07, 6.45) is 0.311. The molecule has 80 valence electrons. The molecule has 1 aliphatic rings. The summed E-state index contributed by atoms with van der Waals surface area (Å²) in [6, 6.07) is 5.88. The van der Waals surface area contributed by atoms with Crippen molar-refractivity contribution < 1.29 is 14.3 Å². The lowest BCUT2D eigenvalue weighted by atomic mass is 10.0. The predicted octanol–water partition coefficient (Wildman–Crippen LogP) is 2.58. The van der Waals surface area contributed by atoms with E-state index in [-0.39, 0.29) is 5.97 Å². The van der Waals surface area contributed by atoms with Crippen molar-refractivity contribution in [2.75, 3.05) is 6.61 Å². The van der Waals surface area contributed by atoms with E-state index >= 15 is 0 Å². The first kappa shape index (κ1) is 10.6. The highest BCUT2D eigenvalue weighted by Gasteiger charge is 2.23. The molecule has 0 saturated heterocycles. The highest BCUT2D eigenvalue weighted by atomic mass is 79.9. The lowest BCUT2D eigenvalue weighted by molar-refractivity contribution is -0.180. The van der Waals surface area contributed by atoms with Gasteiger partial charge in [0.1, 0.15) is 0 Å². The van der Waals surface area contributed by atoms with Crippen LogP contribution in [-0.2, 0) is 20.7 Å². The molecule has 1 aromatic rings. The Balaban J connectivity index is 2.30. The third-order valence-corrected chi connectivity index (χ3v) is 2.77. The number of esters is 1. The molecule has 0 N–H and O–H groups in total. The molecule has 0 bridgehead atoms. The standard InChI is InChI=1S/C11H11BrO3/c1-7(13)15-11-10-3-2-9(12)6-8(10)4-5-14-11/h2-3,6,11H,4-5H2,1H3. The third kappa shape index (κ3) is 2.38. The van der Waals surface area contributed by atoms with Gasteiger partial charge in [-0.05, 0) is 24.1 Å². The van der Waals surface area contributed by atoms with Gasteiger partial charge in [-0.15, -0.1) is 0 Å². The molecule has 1 atom stereocenters. The Morgan fingerprint density at radius 2 is 2.40 bits per heavy atom. The van der Waals surface area contributed by atoms with E-state index in [2.05, 4.69) is 15.9 Å². The summed E-state index contributed by atoms with van der Waals surface area (Å²) in [6.45, 7) is 1.97. The molecule has 0 aromatic heterocycles. The smallest absolute Gasteiger partial charge is 0.305 e. The van der Waals surface area contributed by atoms with Crippen LogP contribution >= 0.6 is 15.9 Å². The normalized spacial score (nSPS) is 19.5. The van der Waals surface area contributed by atoms with Gasteiger partial charge in [-0.1, -0.05) is 22.0 Å². The number of rotatable bonds is 1. The molecule has 4 heteroatoms. The number of fused-ring (bicyclic) bond motifs is 1. The summed E-state index contributed by atoms with van der Waals surface area (Å²) in [5.41, 5.74) is 2.11. The van der Waals surface area contributed by atoms with Crippen LogP contribution in [0.1, 0.15) is 24.3 Å². The molecule has 0 aliphatic carbocycles. The zero-order valence-corrected chi connectivity index (χ0v) is 9.91. The van der Waals surface area contributed by atoms with Crippen LogP contribution in [0.15, 0.2) is 22.7 Å². The van der Waals surface area contributed by atoms with Crippen LogP contribution in [-0.4, -0.2) is 12.6 Å². The molecule has 0 spiro atoms. The zero-order valence-electron chi connectivity index (χ0n) is 8.33. The topological polar surface area (TPSA) is 35.5 Å². The number of hydrogen-bond donors (Lipinski definition) is 0. The number of carbonyl (C=O) groups excluding carboxylic acids is 1. The number of halogens is 1. The molecule has 1 heterocycles. The highest BCUT2D eigenvalue weighted by Crippen LogP contribution is 2.30. The first-order valence-electron chi connectivity index (χ1n) is 4.74. The second-order valence-electron chi connectivity index (χ2n) is 3.41. The number of ether oxygens (including phenoxy) is 2. The van der Waals surface area contributed by atoms with Crippen LogP contribution in [0.5, 0.6) is 0 Å². The fourth-order valence-corrected chi connectivity index (χ4v) is 2.04. The van der Waals surface area contributed by atoms with E-state index in [0.29, 0.717) is 6.61 Å². The van der Waals surface area contributed by atoms with E-state index < -0.39 is 6.29 Å². The maximum absolute atomic E-state index is 10.9. The van der Waals surface area contributed by atoms with Crippen molar-refractivity contribution in [3.63, 3.8) is 0 Å². The lowest BCUT2D eigenvalue weighted by Gasteiger charge is -2.25. The van der Waals surface area contributed by atoms with Gasteiger partial charge in [0.25, 0.3) is 0 Å². The average molecular weight is 271 g/mol. The van der Waals surface area contributed by atoms with Crippen LogP contribution in [0.25, 0.3) is 0 Å². The van der Waals surface area contributed by atoms with E-state index in [1.807, 2.05) is 18.2 Å². The number of benzene rings is 1. The zero-order chi connectivity index (χ0) is 10.8. The molecule has 1 aliphatic heterocycles. The Morgan fingerprint density at radius 3 is 3.13 bits per heavy atom. The molecular formula is C11H11BrO3. The van der Waals surface area contributed by atoms with Crippen molar-refractivity contribution in [2.45, 2.75) is 19.6 Å². The first-order valence-corrected chi connectivity index (χ1v) is 5.53. The van der Waals surface area contributed by atoms with Gasteiger partial charge in [0, 0.05) is 17.0 Å². The molecule has 15 heavy (non-hydrogen) atoms. The summed E-state index contributed by atoms with van der Waals surface area (Å²) in [5, 5.41) is 0. The Bertz CT molecular complexity index is 389. The second-order valence-corrected chi connectivity index (χ2v) is 4.32. The van der Waals surface area contributed by atoms with Gasteiger partial charge >= 0.3 is 5.97 Å². The lowest BCUT2D eigenvalue weighted by Crippen LogP contribution is -2.20. The van der Waals surface area contributed by atoms with E-state index in [1.165, 1.54) is 12.5 Å². The summed E-state index contributed by atoms with van der Waals surface area (Å²) >= 11 is 3.41. The van der Waals surface area contributed by atoms with E-state index in [4.69, 9.17) is 9.47 Å². The van der Waals surface area contributed by atoms with Crippen LogP contribution in [0.2, 0.25) is 0 Å². The largest absolute Gasteiger partial charge is 0.431 e. The van der Waals surface area contributed by atoms with Crippen molar-refractivity contribution >= 4 is 21.9 Å². The Kier molecular flexibility index (Phi) is 3.07. The average Bonchev–Trinajstić information content (AvgIpc) is 2.16. The van der Waals surface area contributed by atoms with Crippen molar-refractivity contribution in [3.8, 4) is 0 Å². The maximum Gasteiger partial charge on any atom is 0.305 e. The van der Waals surface area contributed by atoms with Crippen LogP contribution in [0, 0.1) is 0 Å². The Labute approximate surface area is 96.5 Å². The van der Waals surface area contributed by atoms with Gasteiger partial charge in [0.2, 0.25) is 6.29 Å². The van der Waals surface area contributed by atoms with Gasteiger partial charge < -0.3 is 9.47 Å². The number of carbonyl (C=O) groups is 1. The van der Waals surface area contributed by atoms with Gasteiger partial charge in [0.05, 0.1) is 6.61 Å². The quantitative estimate of drug-likeness (QED) is 0.736. The minimum Gasteiger partial charge on any atom is -0.431 e. The minimum absolute atomic E-state index is 0.323. The summed E-state index contributed by atoms with van der Waals surface area (Å²) in [7, 11) is 0. The summed E-state index contributed by atoms with van der Waals surface area (Å²) < 4.78 is 11.5. The molecule has 0 radical (unpaired) electrons. The monoisotopic (exact) mass is 270 g/mol. The van der Waals surface area contributed by atoms with Gasteiger partial charge in [-0.3, -0.25) is 4.79 Å². The minimum atomic E-state index is -0.542. The van der Waals surface area contributed by atoms with Crippen molar-refractivity contribution in [1.29, 1.82) is 0 Å². The molecule has 1 aromatic carbocycles. The number of hydrogen-bond acceptors (Lipinski definition) is 3. The molecule has 0 amide bonds. The molecule has 0 fully saturated rings. The molecule has 0 saturated carbocycles. The van der Waals surface area contributed by atoms with Crippen molar-refractivity contribution in [2.24, 2.45) is 0 Å². The summed E-state index contributed by atoms with van der Waals surface area (Å²) in [5.74, 6) is -0.323. The van der Waals surface area contributed by atoms with Crippen LogP contribution < -0.4 is 0 Å². The maximum atomic E-state index is 10.9.